The Bertz CT molecular complexity index is 592. The van der Waals surface area contributed by atoms with E-state index in [4.69, 9.17) is 0 Å². The molecule has 0 radical (unpaired) electrons. The second kappa shape index (κ2) is 9.18. The molecule has 27 heavy (non-hydrogen) atoms. The standard InChI is InChI=1S/C22H34N4O/c27-22(26-12-6-1-2-7-13-26)20-16-23-24-21(20)19-10-14-25(15-11-19)17-18-8-4-3-5-9-18/h3-5,8-9,19-21,23-24H,1-2,6-7,10-17H2. The van der Waals surface area contributed by atoms with Gasteiger partial charge in [0.25, 0.3) is 0 Å². The zero-order valence-electron chi connectivity index (χ0n) is 16.4. The first-order chi connectivity index (χ1) is 13.3. The van der Waals surface area contributed by atoms with E-state index in [1.807, 2.05) is 0 Å². The second-order valence-electron chi connectivity index (χ2n) is 8.50. The molecule has 3 heterocycles. The summed E-state index contributed by atoms with van der Waals surface area (Å²) in [5, 5.41) is 0. The third-order valence-electron chi connectivity index (χ3n) is 6.65. The summed E-state index contributed by atoms with van der Waals surface area (Å²) in [7, 11) is 0. The van der Waals surface area contributed by atoms with Crippen molar-refractivity contribution in [2.45, 2.75) is 51.1 Å². The molecule has 0 bridgehead atoms. The Morgan fingerprint density at radius 2 is 1.67 bits per heavy atom. The summed E-state index contributed by atoms with van der Waals surface area (Å²) < 4.78 is 0. The van der Waals surface area contributed by atoms with E-state index in [0.29, 0.717) is 17.9 Å². The van der Waals surface area contributed by atoms with Crippen LogP contribution in [0.2, 0.25) is 0 Å². The largest absolute Gasteiger partial charge is 0.342 e. The molecule has 3 fully saturated rings. The van der Waals surface area contributed by atoms with Crippen LogP contribution in [0.1, 0.15) is 44.1 Å². The molecule has 1 aromatic carbocycles. The summed E-state index contributed by atoms with van der Waals surface area (Å²) in [6.45, 7) is 5.99. The molecule has 0 aromatic heterocycles. The number of benzene rings is 1. The van der Waals surface area contributed by atoms with Gasteiger partial charge in [0.15, 0.2) is 0 Å². The zero-order chi connectivity index (χ0) is 18.5. The van der Waals surface area contributed by atoms with Crippen LogP contribution in [0.4, 0.5) is 0 Å². The Labute approximate surface area is 163 Å². The number of hydrazine groups is 1. The van der Waals surface area contributed by atoms with Gasteiger partial charge in [0.1, 0.15) is 0 Å². The van der Waals surface area contributed by atoms with E-state index in [2.05, 4.69) is 51.0 Å². The average Bonchev–Trinajstić information content (AvgIpc) is 3.03. The Balaban J connectivity index is 1.31. The minimum atomic E-state index is 0.105. The number of carbonyl (C=O) groups is 1. The van der Waals surface area contributed by atoms with Crippen molar-refractivity contribution >= 4 is 5.91 Å². The van der Waals surface area contributed by atoms with E-state index >= 15 is 0 Å². The molecule has 0 spiro atoms. The quantitative estimate of drug-likeness (QED) is 0.854. The van der Waals surface area contributed by atoms with Crippen LogP contribution >= 0.6 is 0 Å². The first-order valence-corrected chi connectivity index (χ1v) is 10.8. The maximum atomic E-state index is 13.1. The summed E-state index contributed by atoms with van der Waals surface area (Å²) in [5.41, 5.74) is 8.15. The number of hydrogen-bond donors (Lipinski definition) is 2. The van der Waals surface area contributed by atoms with Crippen LogP contribution in [0.15, 0.2) is 30.3 Å². The van der Waals surface area contributed by atoms with Crippen molar-refractivity contribution in [1.29, 1.82) is 0 Å². The maximum Gasteiger partial charge on any atom is 0.228 e. The molecule has 3 aliphatic heterocycles. The Morgan fingerprint density at radius 3 is 2.37 bits per heavy atom. The van der Waals surface area contributed by atoms with Gasteiger partial charge >= 0.3 is 0 Å². The highest BCUT2D eigenvalue weighted by molar-refractivity contribution is 5.80. The number of hydrogen-bond acceptors (Lipinski definition) is 4. The molecule has 0 aliphatic carbocycles. The van der Waals surface area contributed by atoms with Gasteiger partial charge in [-0.15, -0.1) is 0 Å². The highest BCUT2D eigenvalue weighted by Crippen LogP contribution is 2.29. The van der Waals surface area contributed by atoms with E-state index in [1.165, 1.54) is 44.1 Å². The van der Waals surface area contributed by atoms with Gasteiger partial charge in [-0.05, 0) is 50.3 Å². The Hall–Kier alpha value is -1.43. The van der Waals surface area contributed by atoms with Gasteiger partial charge in [-0.2, -0.15) is 0 Å². The monoisotopic (exact) mass is 370 g/mol. The van der Waals surface area contributed by atoms with Crippen LogP contribution < -0.4 is 10.9 Å². The van der Waals surface area contributed by atoms with Crippen LogP contribution in [-0.4, -0.2) is 54.5 Å². The molecule has 2 atom stereocenters. The molecule has 3 aliphatic rings. The molecule has 4 rings (SSSR count). The van der Waals surface area contributed by atoms with Crippen molar-refractivity contribution < 1.29 is 4.79 Å². The molecule has 0 saturated carbocycles. The lowest BCUT2D eigenvalue weighted by Crippen LogP contribution is -2.48. The summed E-state index contributed by atoms with van der Waals surface area (Å²) in [5.74, 6) is 1.08. The average molecular weight is 371 g/mol. The molecular weight excluding hydrogens is 336 g/mol. The highest BCUT2D eigenvalue weighted by Gasteiger charge is 2.40. The molecule has 5 heteroatoms. The Kier molecular flexibility index (Phi) is 6.43. The number of nitrogens with one attached hydrogen (secondary N) is 2. The summed E-state index contributed by atoms with van der Waals surface area (Å²) in [6.07, 6.45) is 7.23. The van der Waals surface area contributed by atoms with Gasteiger partial charge < -0.3 is 4.90 Å². The summed E-state index contributed by atoms with van der Waals surface area (Å²) >= 11 is 0. The number of piperidine rings is 1. The van der Waals surface area contributed by atoms with Crippen molar-refractivity contribution in [3.8, 4) is 0 Å². The van der Waals surface area contributed by atoms with Crippen molar-refractivity contribution in [2.24, 2.45) is 11.8 Å². The van der Waals surface area contributed by atoms with E-state index < -0.39 is 0 Å². The minimum absolute atomic E-state index is 0.105. The fourth-order valence-electron chi connectivity index (χ4n) is 5.04. The maximum absolute atomic E-state index is 13.1. The predicted molar refractivity (Wildman–Crippen MR) is 108 cm³/mol. The molecular formula is C22H34N4O. The highest BCUT2D eigenvalue weighted by atomic mass is 16.2. The normalized spacial score (nSPS) is 28.2. The third kappa shape index (κ3) is 4.71. The van der Waals surface area contributed by atoms with Gasteiger partial charge in [0.2, 0.25) is 5.91 Å². The van der Waals surface area contributed by atoms with E-state index in [-0.39, 0.29) is 5.92 Å². The van der Waals surface area contributed by atoms with Crippen LogP contribution in [-0.2, 0) is 11.3 Å². The third-order valence-corrected chi connectivity index (χ3v) is 6.65. The van der Waals surface area contributed by atoms with Crippen molar-refractivity contribution in [3.63, 3.8) is 0 Å². The van der Waals surface area contributed by atoms with Gasteiger partial charge in [0.05, 0.1) is 5.92 Å². The molecule has 1 amide bonds. The van der Waals surface area contributed by atoms with Gasteiger partial charge in [-0.1, -0.05) is 43.2 Å². The topological polar surface area (TPSA) is 47.6 Å². The van der Waals surface area contributed by atoms with Gasteiger partial charge in [-0.25, -0.2) is 0 Å². The number of rotatable bonds is 4. The van der Waals surface area contributed by atoms with Crippen LogP contribution in [0.5, 0.6) is 0 Å². The first-order valence-electron chi connectivity index (χ1n) is 10.8. The SMILES string of the molecule is O=C(C1CNNC1C1CCN(Cc2ccccc2)CC1)N1CCCCCC1. The first kappa shape index (κ1) is 18.9. The lowest BCUT2D eigenvalue weighted by atomic mass is 9.82. The lowest BCUT2D eigenvalue weighted by Gasteiger charge is -2.37. The number of nitrogens with zero attached hydrogens (tertiary/aromatic N) is 2. The van der Waals surface area contributed by atoms with Crippen LogP contribution in [0, 0.1) is 11.8 Å². The molecule has 5 nitrogen and oxygen atoms in total. The molecule has 148 valence electrons. The zero-order valence-corrected chi connectivity index (χ0v) is 16.4. The summed E-state index contributed by atoms with van der Waals surface area (Å²) in [6, 6.07) is 11.0. The molecule has 1 aromatic rings. The van der Waals surface area contributed by atoms with Crippen LogP contribution in [0.25, 0.3) is 0 Å². The van der Waals surface area contributed by atoms with E-state index in [9.17, 15) is 4.79 Å². The lowest BCUT2D eigenvalue weighted by molar-refractivity contribution is -0.136. The number of likely N-dealkylation sites (tertiary alicyclic amines) is 2. The molecule has 2 unspecified atom stereocenters. The van der Waals surface area contributed by atoms with Crippen molar-refractivity contribution in [3.05, 3.63) is 35.9 Å². The molecule has 3 saturated heterocycles. The fourth-order valence-corrected chi connectivity index (χ4v) is 5.04. The Morgan fingerprint density at radius 1 is 0.963 bits per heavy atom. The van der Waals surface area contributed by atoms with Crippen LogP contribution in [0.3, 0.4) is 0 Å². The van der Waals surface area contributed by atoms with E-state index in [0.717, 1.165) is 39.3 Å². The molecule has 2 N–H and O–H groups in total. The van der Waals surface area contributed by atoms with Crippen molar-refractivity contribution in [1.82, 2.24) is 20.7 Å². The van der Waals surface area contributed by atoms with Gasteiger partial charge in [0, 0.05) is 32.2 Å². The second-order valence-corrected chi connectivity index (χ2v) is 8.50. The smallest absolute Gasteiger partial charge is 0.228 e. The van der Waals surface area contributed by atoms with Gasteiger partial charge in [-0.3, -0.25) is 20.5 Å². The van der Waals surface area contributed by atoms with E-state index in [1.54, 1.807) is 0 Å². The number of amides is 1. The minimum Gasteiger partial charge on any atom is -0.342 e. The number of carbonyl (C=O) groups excluding carboxylic acids is 1. The van der Waals surface area contributed by atoms with Crippen molar-refractivity contribution in [2.75, 3.05) is 32.7 Å². The summed E-state index contributed by atoms with van der Waals surface area (Å²) in [4.78, 5) is 17.8. The predicted octanol–water partition coefficient (Wildman–Crippen LogP) is 2.39. The fraction of sp³-hybridized carbons (Fsp3) is 0.682.